The van der Waals surface area contributed by atoms with Crippen LogP contribution in [0.4, 0.5) is 8.78 Å². The summed E-state index contributed by atoms with van der Waals surface area (Å²) in [6.45, 7) is 2.03. The fourth-order valence-corrected chi connectivity index (χ4v) is 2.01. The lowest BCUT2D eigenvalue weighted by Gasteiger charge is -2.38. The van der Waals surface area contributed by atoms with Crippen molar-refractivity contribution in [3.8, 4) is 5.75 Å². The van der Waals surface area contributed by atoms with Crippen molar-refractivity contribution in [1.29, 1.82) is 0 Å². The Hall–Kier alpha value is -1.16. The van der Waals surface area contributed by atoms with Crippen molar-refractivity contribution in [2.24, 2.45) is 5.73 Å². The van der Waals surface area contributed by atoms with Crippen molar-refractivity contribution >= 4 is 0 Å². The summed E-state index contributed by atoms with van der Waals surface area (Å²) in [7, 11) is 0. The lowest BCUT2D eigenvalue weighted by atomic mass is 9.72. The van der Waals surface area contributed by atoms with E-state index in [2.05, 4.69) is 0 Å². The van der Waals surface area contributed by atoms with E-state index < -0.39 is 17.2 Å². The van der Waals surface area contributed by atoms with Crippen LogP contribution in [-0.4, -0.2) is 6.61 Å². The molecule has 0 atom stereocenters. The van der Waals surface area contributed by atoms with Gasteiger partial charge in [-0.3, -0.25) is 0 Å². The SMILES string of the molecule is CCOc1ccc(C2(N)CCC2)c(F)c1F. The first-order valence-corrected chi connectivity index (χ1v) is 5.48. The van der Waals surface area contributed by atoms with Gasteiger partial charge in [-0.25, -0.2) is 4.39 Å². The van der Waals surface area contributed by atoms with E-state index in [4.69, 9.17) is 10.5 Å². The zero-order valence-electron chi connectivity index (χ0n) is 9.22. The van der Waals surface area contributed by atoms with Crippen LogP contribution in [0, 0.1) is 11.6 Å². The molecule has 0 amide bonds. The first kappa shape index (κ1) is 11.3. The smallest absolute Gasteiger partial charge is 0.200 e. The number of rotatable bonds is 3. The fraction of sp³-hybridized carbons (Fsp3) is 0.500. The summed E-state index contributed by atoms with van der Waals surface area (Å²) in [4.78, 5) is 0. The normalized spacial score (nSPS) is 18.0. The van der Waals surface area contributed by atoms with Crippen molar-refractivity contribution in [1.82, 2.24) is 0 Å². The van der Waals surface area contributed by atoms with E-state index in [1.807, 2.05) is 0 Å². The predicted molar refractivity (Wildman–Crippen MR) is 57.2 cm³/mol. The minimum absolute atomic E-state index is 0.0494. The maximum atomic E-state index is 13.8. The highest BCUT2D eigenvalue weighted by Crippen LogP contribution is 2.41. The summed E-state index contributed by atoms with van der Waals surface area (Å²) < 4.78 is 32.3. The summed E-state index contributed by atoms with van der Waals surface area (Å²) in [5.41, 5.74) is 5.55. The molecule has 0 aliphatic heterocycles. The third kappa shape index (κ3) is 1.67. The Labute approximate surface area is 93.4 Å². The molecule has 0 bridgehead atoms. The number of halogens is 2. The van der Waals surface area contributed by atoms with Gasteiger partial charge in [0.2, 0.25) is 5.82 Å². The molecule has 88 valence electrons. The van der Waals surface area contributed by atoms with E-state index in [-0.39, 0.29) is 11.3 Å². The number of hydrogen-bond acceptors (Lipinski definition) is 2. The lowest BCUT2D eigenvalue weighted by Crippen LogP contribution is -2.44. The zero-order chi connectivity index (χ0) is 11.8. The molecule has 2 nitrogen and oxygen atoms in total. The van der Waals surface area contributed by atoms with Gasteiger partial charge in [0.05, 0.1) is 6.61 Å². The van der Waals surface area contributed by atoms with Crippen molar-refractivity contribution in [2.75, 3.05) is 6.61 Å². The Bertz CT molecular complexity index is 402. The standard InChI is InChI=1S/C12H15F2NO/c1-2-16-9-5-4-8(10(13)11(9)14)12(15)6-3-7-12/h4-5H,2-3,6-7,15H2,1H3. The Balaban J connectivity index is 2.38. The minimum atomic E-state index is -0.934. The Morgan fingerprint density at radius 1 is 1.31 bits per heavy atom. The molecule has 2 rings (SSSR count). The highest BCUT2D eigenvalue weighted by Gasteiger charge is 2.37. The second-order valence-corrected chi connectivity index (χ2v) is 4.18. The van der Waals surface area contributed by atoms with Gasteiger partial charge in [0, 0.05) is 11.1 Å². The lowest BCUT2D eigenvalue weighted by molar-refractivity contribution is 0.239. The van der Waals surface area contributed by atoms with Crippen LogP contribution in [0.5, 0.6) is 5.75 Å². The number of nitrogens with two attached hydrogens (primary N) is 1. The predicted octanol–water partition coefficient (Wildman–Crippen LogP) is 2.70. The molecule has 4 heteroatoms. The monoisotopic (exact) mass is 227 g/mol. The van der Waals surface area contributed by atoms with Crippen LogP contribution in [0.15, 0.2) is 12.1 Å². The number of benzene rings is 1. The number of hydrogen-bond donors (Lipinski definition) is 1. The summed E-state index contributed by atoms with van der Waals surface area (Å²) in [6.07, 6.45) is 2.37. The zero-order valence-corrected chi connectivity index (χ0v) is 9.22. The summed E-state index contributed by atoms with van der Waals surface area (Å²) in [5, 5.41) is 0. The molecule has 0 aromatic heterocycles. The van der Waals surface area contributed by atoms with Crippen LogP contribution < -0.4 is 10.5 Å². The molecule has 0 unspecified atom stereocenters. The maximum Gasteiger partial charge on any atom is 0.200 e. The second-order valence-electron chi connectivity index (χ2n) is 4.18. The Morgan fingerprint density at radius 2 is 2.00 bits per heavy atom. The second kappa shape index (κ2) is 4.01. The molecule has 2 N–H and O–H groups in total. The van der Waals surface area contributed by atoms with Crippen LogP contribution in [0.25, 0.3) is 0 Å². The van der Waals surface area contributed by atoms with Crippen LogP contribution in [-0.2, 0) is 5.54 Å². The molecular weight excluding hydrogens is 212 g/mol. The molecular formula is C12H15F2NO. The third-order valence-electron chi connectivity index (χ3n) is 3.13. The molecule has 1 aliphatic carbocycles. The van der Waals surface area contributed by atoms with Gasteiger partial charge in [-0.1, -0.05) is 6.07 Å². The van der Waals surface area contributed by atoms with Gasteiger partial charge < -0.3 is 10.5 Å². The average molecular weight is 227 g/mol. The Kier molecular flexibility index (Phi) is 2.84. The van der Waals surface area contributed by atoms with Crippen LogP contribution in [0.2, 0.25) is 0 Å². The van der Waals surface area contributed by atoms with Crippen molar-refractivity contribution < 1.29 is 13.5 Å². The van der Waals surface area contributed by atoms with Crippen molar-refractivity contribution in [2.45, 2.75) is 31.7 Å². The minimum Gasteiger partial charge on any atom is -0.491 e. The van der Waals surface area contributed by atoms with Gasteiger partial charge in [-0.05, 0) is 32.3 Å². The molecule has 1 aliphatic rings. The molecule has 16 heavy (non-hydrogen) atoms. The highest BCUT2D eigenvalue weighted by molar-refractivity contribution is 5.36. The molecule has 0 spiro atoms. The first-order valence-electron chi connectivity index (χ1n) is 5.48. The molecule has 1 aromatic carbocycles. The first-order chi connectivity index (χ1) is 7.58. The fourth-order valence-electron chi connectivity index (χ4n) is 2.01. The third-order valence-corrected chi connectivity index (χ3v) is 3.13. The molecule has 1 saturated carbocycles. The van der Waals surface area contributed by atoms with Gasteiger partial charge in [-0.15, -0.1) is 0 Å². The van der Waals surface area contributed by atoms with Crippen molar-refractivity contribution in [3.05, 3.63) is 29.3 Å². The van der Waals surface area contributed by atoms with E-state index >= 15 is 0 Å². The van der Waals surface area contributed by atoms with E-state index in [1.54, 1.807) is 6.92 Å². The van der Waals surface area contributed by atoms with E-state index in [1.165, 1.54) is 12.1 Å². The largest absolute Gasteiger partial charge is 0.491 e. The molecule has 1 fully saturated rings. The van der Waals surface area contributed by atoms with E-state index in [0.717, 1.165) is 6.42 Å². The molecule has 0 heterocycles. The molecule has 0 radical (unpaired) electrons. The van der Waals surface area contributed by atoms with Crippen LogP contribution >= 0.6 is 0 Å². The summed E-state index contributed by atoms with van der Waals surface area (Å²) >= 11 is 0. The highest BCUT2D eigenvalue weighted by atomic mass is 19.2. The van der Waals surface area contributed by atoms with Gasteiger partial charge in [-0.2, -0.15) is 4.39 Å². The number of ether oxygens (including phenoxy) is 1. The molecule has 0 saturated heterocycles. The van der Waals surface area contributed by atoms with Gasteiger partial charge in [0.25, 0.3) is 0 Å². The quantitative estimate of drug-likeness (QED) is 0.861. The van der Waals surface area contributed by atoms with E-state index in [9.17, 15) is 8.78 Å². The average Bonchev–Trinajstić information content (AvgIpc) is 2.22. The Morgan fingerprint density at radius 3 is 2.50 bits per heavy atom. The maximum absolute atomic E-state index is 13.8. The van der Waals surface area contributed by atoms with Crippen LogP contribution in [0.1, 0.15) is 31.7 Å². The van der Waals surface area contributed by atoms with Crippen molar-refractivity contribution in [3.63, 3.8) is 0 Å². The summed E-state index contributed by atoms with van der Waals surface area (Å²) in [6, 6.07) is 2.98. The topological polar surface area (TPSA) is 35.2 Å². The van der Waals surface area contributed by atoms with Crippen LogP contribution in [0.3, 0.4) is 0 Å². The summed E-state index contributed by atoms with van der Waals surface area (Å²) in [5.74, 6) is -1.85. The van der Waals surface area contributed by atoms with Gasteiger partial charge in [0.1, 0.15) is 0 Å². The van der Waals surface area contributed by atoms with E-state index in [0.29, 0.717) is 19.4 Å². The molecule has 1 aromatic rings. The van der Waals surface area contributed by atoms with Gasteiger partial charge >= 0.3 is 0 Å². The van der Waals surface area contributed by atoms with Gasteiger partial charge in [0.15, 0.2) is 11.6 Å².